The number of amides is 1. The van der Waals surface area contributed by atoms with Crippen molar-refractivity contribution in [2.75, 3.05) is 11.4 Å². The van der Waals surface area contributed by atoms with Crippen molar-refractivity contribution in [3.05, 3.63) is 58.7 Å². The molecule has 0 fully saturated rings. The molecule has 8 heteroatoms. The van der Waals surface area contributed by atoms with Gasteiger partial charge >= 0.3 is 0 Å². The van der Waals surface area contributed by atoms with Gasteiger partial charge in [-0.15, -0.1) is 11.3 Å². The largest absolute Gasteiger partial charge is 0.333 e. The molecule has 0 saturated heterocycles. The fraction of sp³-hybridized carbons (Fsp3) is 0.182. The Kier molecular flexibility index (Phi) is 4.67. The summed E-state index contributed by atoms with van der Waals surface area (Å²) in [6, 6.07) is 13.6. The van der Waals surface area contributed by atoms with E-state index in [9.17, 15) is 4.79 Å². The first kappa shape index (κ1) is 19.0. The zero-order chi connectivity index (χ0) is 20.8. The van der Waals surface area contributed by atoms with Crippen LogP contribution in [0.1, 0.15) is 28.0 Å². The van der Waals surface area contributed by atoms with Crippen molar-refractivity contribution >= 4 is 34.7 Å². The Bertz CT molecular complexity index is 1280. The molecule has 0 aliphatic carbocycles. The molecule has 150 valence electrons. The normalized spacial score (nSPS) is 13.2. The first-order valence-corrected chi connectivity index (χ1v) is 11.2. The molecular weight excluding hydrogens is 416 g/mol. The number of hydrogen-bond acceptors (Lipinski definition) is 7. The molecule has 2 aromatic carbocycles. The lowest BCUT2D eigenvalue weighted by atomic mass is 10.1. The number of hydrogen-bond donors (Lipinski definition) is 0. The maximum Gasteiger partial charge on any atom is 0.270 e. The van der Waals surface area contributed by atoms with Gasteiger partial charge in [-0.25, -0.2) is 4.98 Å². The molecule has 2 aromatic heterocycles. The van der Waals surface area contributed by atoms with Gasteiger partial charge < -0.3 is 9.42 Å². The third-order valence-corrected chi connectivity index (χ3v) is 7.12. The monoisotopic (exact) mass is 434 g/mol. The van der Waals surface area contributed by atoms with E-state index in [1.165, 1.54) is 0 Å². The van der Waals surface area contributed by atoms with Crippen molar-refractivity contribution in [2.24, 2.45) is 0 Å². The van der Waals surface area contributed by atoms with Crippen LogP contribution in [0.4, 0.5) is 5.69 Å². The minimum absolute atomic E-state index is 0.0185. The van der Waals surface area contributed by atoms with Crippen molar-refractivity contribution in [2.45, 2.75) is 30.6 Å². The lowest BCUT2D eigenvalue weighted by Gasteiger charge is -2.21. The molecule has 4 aromatic rings. The van der Waals surface area contributed by atoms with Gasteiger partial charge in [-0.05, 0) is 51.1 Å². The van der Waals surface area contributed by atoms with Crippen LogP contribution in [0.2, 0.25) is 0 Å². The number of nitrogens with zero attached hydrogens (tertiary/aromatic N) is 4. The summed E-state index contributed by atoms with van der Waals surface area (Å²) in [6.07, 6.45) is 0. The fourth-order valence-electron chi connectivity index (χ4n) is 3.54. The van der Waals surface area contributed by atoms with Gasteiger partial charge in [-0.3, -0.25) is 4.79 Å². The number of thiazole rings is 1. The molecule has 0 radical (unpaired) electrons. The van der Waals surface area contributed by atoms with Gasteiger partial charge in [0, 0.05) is 21.9 Å². The predicted octanol–water partition coefficient (Wildman–Crippen LogP) is 5.61. The maximum absolute atomic E-state index is 13.0. The van der Waals surface area contributed by atoms with Crippen LogP contribution >= 0.6 is 23.1 Å². The maximum atomic E-state index is 13.0. The Labute approximate surface area is 182 Å². The summed E-state index contributed by atoms with van der Waals surface area (Å²) in [5, 5.41) is 5.15. The van der Waals surface area contributed by atoms with Crippen LogP contribution < -0.4 is 4.90 Å². The van der Waals surface area contributed by atoms with E-state index in [2.05, 4.69) is 15.1 Å². The number of rotatable bonds is 3. The van der Waals surface area contributed by atoms with E-state index in [-0.39, 0.29) is 5.91 Å². The van der Waals surface area contributed by atoms with Crippen LogP contribution in [0, 0.1) is 13.8 Å². The van der Waals surface area contributed by atoms with E-state index in [4.69, 9.17) is 4.52 Å². The number of carbonyl (C=O) groups excluding carboxylic acids is 1. The summed E-state index contributed by atoms with van der Waals surface area (Å²) in [7, 11) is 0. The van der Waals surface area contributed by atoms with E-state index in [1.54, 1.807) is 23.1 Å². The molecule has 1 amide bonds. The predicted molar refractivity (Wildman–Crippen MR) is 118 cm³/mol. The van der Waals surface area contributed by atoms with Crippen molar-refractivity contribution in [3.8, 4) is 22.2 Å². The number of fused-ring (bicyclic) bond motifs is 2. The number of carbonyl (C=O) groups is 1. The summed E-state index contributed by atoms with van der Waals surface area (Å²) < 4.78 is 5.52. The first-order chi connectivity index (χ1) is 14.5. The third kappa shape index (κ3) is 3.12. The zero-order valence-corrected chi connectivity index (χ0v) is 18.3. The fourth-order valence-corrected chi connectivity index (χ4v) is 5.50. The molecule has 0 unspecified atom stereocenters. The summed E-state index contributed by atoms with van der Waals surface area (Å²) in [4.78, 5) is 26.7. The van der Waals surface area contributed by atoms with Crippen LogP contribution in [-0.4, -0.2) is 27.6 Å². The number of anilines is 1. The molecule has 1 aliphatic rings. The number of aryl methyl sites for hydroxylation is 2. The van der Waals surface area contributed by atoms with Crippen molar-refractivity contribution < 1.29 is 9.32 Å². The van der Waals surface area contributed by atoms with E-state index < -0.39 is 0 Å². The molecule has 0 saturated carbocycles. The van der Waals surface area contributed by atoms with Crippen LogP contribution in [0.3, 0.4) is 0 Å². The highest BCUT2D eigenvalue weighted by Gasteiger charge is 2.27. The Morgan fingerprint density at radius 1 is 1.07 bits per heavy atom. The van der Waals surface area contributed by atoms with Crippen LogP contribution in [-0.2, 0) is 0 Å². The van der Waals surface area contributed by atoms with Crippen molar-refractivity contribution in [1.82, 2.24) is 15.1 Å². The SMILES string of the molecule is CCN1C(=O)c2ccccc2Sc2cc(-c3noc(-c4sc(C)nc4C)n3)ccc21. The second-order valence-electron chi connectivity index (χ2n) is 6.90. The second-order valence-corrected chi connectivity index (χ2v) is 9.19. The van der Waals surface area contributed by atoms with Gasteiger partial charge in [-0.1, -0.05) is 29.1 Å². The van der Waals surface area contributed by atoms with E-state index in [0.717, 1.165) is 42.2 Å². The van der Waals surface area contributed by atoms with Gasteiger partial charge in [0.15, 0.2) is 0 Å². The standard InChI is InChI=1S/C22H18N4O2S2/c1-4-26-16-10-9-14(11-18(16)30-17-8-6-5-7-15(17)22(26)27)20-24-21(28-25-20)19-12(2)23-13(3)29-19/h5-11H,4H2,1-3H3. The average Bonchev–Trinajstić information content (AvgIpc) is 3.33. The molecular formula is C22H18N4O2S2. The van der Waals surface area contributed by atoms with Gasteiger partial charge in [0.1, 0.15) is 4.88 Å². The smallest absolute Gasteiger partial charge is 0.270 e. The van der Waals surface area contributed by atoms with Gasteiger partial charge in [0.25, 0.3) is 11.8 Å². The van der Waals surface area contributed by atoms with Crippen LogP contribution in [0.15, 0.2) is 56.8 Å². The minimum Gasteiger partial charge on any atom is -0.333 e. The topological polar surface area (TPSA) is 72.1 Å². The van der Waals surface area contributed by atoms with Crippen LogP contribution in [0.5, 0.6) is 0 Å². The highest BCUT2D eigenvalue weighted by Crippen LogP contribution is 2.43. The number of aromatic nitrogens is 3. The highest BCUT2D eigenvalue weighted by molar-refractivity contribution is 7.99. The Morgan fingerprint density at radius 3 is 2.67 bits per heavy atom. The van der Waals surface area contributed by atoms with E-state index >= 15 is 0 Å². The van der Waals surface area contributed by atoms with Gasteiger partial charge in [0.2, 0.25) is 5.82 Å². The second kappa shape index (κ2) is 7.37. The average molecular weight is 435 g/mol. The molecule has 6 nitrogen and oxygen atoms in total. The molecule has 1 aliphatic heterocycles. The molecule has 0 spiro atoms. The Hall–Kier alpha value is -2.97. The summed E-state index contributed by atoms with van der Waals surface area (Å²) >= 11 is 3.13. The Balaban J connectivity index is 1.57. The van der Waals surface area contributed by atoms with Gasteiger partial charge in [0.05, 0.1) is 22.0 Å². The summed E-state index contributed by atoms with van der Waals surface area (Å²) in [5.41, 5.74) is 3.35. The molecule has 0 atom stereocenters. The highest BCUT2D eigenvalue weighted by atomic mass is 32.2. The van der Waals surface area contributed by atoms with E-state index in [1.807, 2.05) is 68.1 Å². The summed E-state index contributed by atoms with van der Waals surface area (Å²) in [6.45, 7) is 6.48. The van der Waals surface area contributed by atoms with Crippen molar-refractivity contribution in [3.63, 3.8) is 0 Å². The minimum atomic E-state index is 0.0185. The molecule has 0 N–H and O–H groups in total. The molecule has 0 bridgehead atoms. The lowest BCUT2D eigenvalue weighted by molar-refractivity contribution is 0.0985. The zero-order valence-electron chi connectivity index (χ0n) is 16.7. The third-order valence-electron chi connectivity index (χ3n) is 4.93. The molecule has 30 heavy (non-hydrogen) atoms. The molecule has 3 heterocycles. The van der Waals surface area contributed by atoms with Crippen LogP contribution in [0.25, 0.3) is 22.2 Å². The Morgan fingerprint density at radius 2 is 1.90 bits per heavy atom. The first-order valence-electron chi connectivity index (χ1n) is 9.56. The summed E-state index contributed by atoms with van der Waals surface area (Å²) in [5.74, 6) is 1.02. The quantitative estimate of drug-likeness (QED) is 0.417. The van der Waals surface area contributed by atoms with Crippen molar-refractivity contribution in [1.29, 1.82) is 0 Å². The number of benzene rings is 2. The van der Waals surface area contributed by atoms with Gasteiger partial charge in [-0.2, -0.15) is 4.98 Å². The molecule has 5 rings (SSSR count). The lowest BCUT2D eigenvalue weighted by Crippen LogP contribution is -2.30. The van der Waals surface area contributed by atoms with E-state index in [0.29, 0.717) is 18.3 Å².